The largest absolute Gasteiger partial charge is 0.454 e. The summed E-state index contributed by atoms with van der Waals surface area (Å²) in [5.74, 6) is -1.09. The molecule has 188 valence electrons. The van der Waals surface area contributed by atoms with Gasteiger partial charge >= 0.3 is 5.97 Å². The van der Waals surface area contributed by atoms with Gasteiger partial charge in [-0.05, 0) is 73.2 Å². The van der Waals surface area contributed by atoms with Gasteiger partial charge in [0.2, 0.25) is 0 Å². The number of aryl methyl sites for hydroxylation is 1. The van der Waals surface area contributed by atoms with Crippen molar-refractivity contribution in [3.05, 3.63) is 94.8 Å². The number of rotatable bonds is 8. The Labute approximate surface area is 210 Å². The second kappa shape index (κ2) is 11.0. The number of benzene rings is 3. The van der Waals surface area contributed by atoms with E-state index in [9.17, 15) is 22.4 Å². The van der Waals surface area contributed by atoms with Crippen LogP contribution in [0.25, 0.3) is 0 Å². The third-order valence-corrected chi connectivity index (χ3v) is 7.86. The van der Waals surface area contributed by atoms with Crippen molar-refractivity contribution >= 4 is 27.5 Å². The van der Waals surface area contributed by atoms with Gasteiger partial charge in [0.15, 0.2) is 12.4 Å². The number of ether oxygens (including phenoxy) is 1. The summed E-state index contributed by atoms with van der Waals surface area (Å²) in [6.45, 7) is 1.19. The molecular weight excluding hydrogens is 481 g/mol. The molecule has 1 saturated carbocycles. The molecule has 3 aromatic carbocycles. The van der Waals surface area contributed by atoms with E-state index in [0.29, 0.717) is 17.0 Å². The number of sulfonamides is 1. The second-order valence-corrected chi connectivity index (χ2v) is 10.7. The zero-order valence-corrected chi connectivity index (χ0v) is 20.8. The molecule has 0 spiro atoms. The smallest absolute Gasteiger partial charge is 0.338 e. The van der Waals surface area contributed by atoms with E-state index < -0.39 is 28.4 Å². The molecule has 1 N–H and O–H groups in total. The maximum absolute atomic E-state index is 13.1. The maximum Gasteiger partial charge on any atom is 0.338 e. The third-order valence-electron chi connectivity index (χ3n) is 6.48. The van der Waals surface area contributed by atoms with Crippen LogP contribution in [0, 0.1) is 12.7 Å². The summed E-state index contributed by atoms with van der Waals surface area (Å²) in [4.78, 5) is 25.1. The zero-order valence-electron chi connectivity index (χ0n) is 20.0. The zero-order chi connectivity index (χ0) is 25.7. The first-order valence-electron chi connectivity index (χ1n) is 11.9. The van der Waals surface area contributed by atoms with E-state index >= 15 is 0 Å². The van der Waals surface area contributed by atoms with E-state index in [1.54, 1.807) is 19.1 Å². The Bertz CT molecular complexity index is 1350. The lowest BCUT2D eigenvalue weighted by Crippen LogP contribution is -2.17. The molecule has 3 aromatic rings. The minimum absolute atomic E-state index is 0.0393. The van der Waals surface area contributed by atoms with Crippen LogP contribution in [-0.4, -0.2) is 26.8 Å². The summed E-state index contributed by atoms with van der Waals surface area (Å²) in [7, 11) is -4.03. The van der Waals surface area contributed by atoms with Crippen molar-refractivity contribution in [3.63, 3.8) is 0 Å². The van der Waals surface area contributed by atoms with Gasteiger partial charge in [-0.1, -0.05) is 49.6 Å². The molecule has 1 fully saturated rings. The minimum atomic E-state index is -4.03. The Morgan fingerprint density at radius 1 is 0.944 bits per heavy atom. The van der Waals surface area contributed by atoms with Gasteiger partial charge in [-0.3, -0.25) is 9.52 Å². The van der Waals surface area contributed by atoms with Crippen LogP contribution in [-0.2, 0) is 14.8 Å². The Kier molecular flexibility index (Phi) is 7.84. The Morgan fingerprint density at radius 3 is 2.28 bits per heavy atom. The number of esters is 1. The molecule has 0 radical (unpaired) electrons. The highest BCUT2D eigenvalue weighted by Crippen LogP contribution is 2.32. The van der Waals surface area contributed by atoms with Crippen LogP contribution in [0.1, 0.15) is 69.9 Å². The SMILES string of the molecule is Cc1ccc(S(=O)(=O)Nc2ccc(F)cc2)cc1C(=O)OCC(=O)c1ccc(C2CCCCC2)cc1. The number of ketones is 1. The highest BCUT2D eigenvalue weighted by Gasteiger charge is 2.21. The third kappa shape index (κ3) is 6.18. The predicted molar refractivity (Wildman–Crippen MR) is 135 cm³/mol. The quantitative estimate of drug-likeness (QED) is 0.296. The van der Waals surface area contributed by atoms with E-state index in [2.05, 4.69) is 4.72 Å². The lowest BCUT2D eigenvalue weighted by molar-refractivity contribution is 0.0473. The molecule has 0 bridgehead atoms. The standard InChI is InChI=1S/C28H28FNO5S/c1-19-7-16-25(36(33,34)30-24-14-12-23(29)13-15-24)17-26(19)28(32)35-18-27(31)22-10-8-21(9-11-22)20-5-3-2-4-6-20/h7-17,20,30H,2-6,18H2,1H3. The van der Waals surface area contributed by atoms with Crippen LogP contribution in [0.2, 0.25) is 0 Å². The lowest BCUT2D eigenvalue weighted by atomic mass is 9.84. The molecule has 0 aromatic heterocycles. The van der Waals surface area contributed by atoms with Crippen LogP contribution in [0.15, 0.2) is 71.6 Å². The summed E-state index contributed by atoms with van der Waals surface area (Å²) in [6.07, 6.45) is 6.06. The van der Waals surface area contributed by atoms with Crippen molar-refractivity contribution in [1.29, 1.82) is 0 Å². The van der Waals surface area contributed by atoms with Crippen molar-refractivity contribution in [3.8, 4) is 0 Å². The molecule has 4 rings (SSSR count). The lowest BCUT2D eigenvalue weighted by Gasteiger charge is -2.22. The Hall–Kier alpha value is -3.52. The molecule has 36 heavy (non-hydrogen) atoms. The monoisotopic (exact) mass is 509 g/mol. The molecule has 1 aliphatic carbocycles. The predicted octanol–water partition coefficient (Wildman–Crippen LogP) is 6.02. The first kappa shape index (κ1) is 25.6. The number of carbonyl (C=O) groups is 2. The molecule has 6 nitrogen and oxygen atoms in total. The molecule has 1 aliphatic rings. The average molecular weight is 510 g/mol. The highest BCUT2D eigenvalue weighted by molar-refractivity contribution is 7.92. The van der Waals surface area contributed by atoms with E-state index in [1.165, 1.54) is 68.0 Å². The average Bonchev–Trinajstić information content (AvgIpc) is 2.89. The number of carbonyl (C=O) groups excluding carboxylic acids is 2. The highest BCUT2D eigenvalue weighted by atomic mass is 32.2. The van der Waals surface area contributed by atoms with E-state index in [1.807, 2.05) is 12.1 Å². The molecule has 0 aliphatic heterocycles. The molecule has 0 amide bonds. The first-order chi connectivity index (χ1) is 17.2. The van der Waals surface area contributed by atoms with E-state index in [0.717, 1.165) is 12.1 Å². The number of Topliss-reactive ketones (excluding diaryl/α,β-unsaturated/α-hetero) is 1. The molecule has 8 heteroatoms. The number of hydrogen-bond donors (Lipinski definition) is 1. The fourth-order valence-electron chi connectivity index (χ4n) is 4.39. The van der Waals surface area contributed by atoms with Crippen LogP contribution in [0.3, 0.4) is 0 Å². The second-order valence-electron chi connectivity index (χ2n) is 9.05. The topological polar surface area (TPSA) is 89.5 Å². The van der Waals surface area contributed by atoms with Gasteiger partial charge in [0.05, 0.1) is 10.5 Å². The number of anilines is 1. The Balaban J connectivity index is 1.41. The van der Waals surface area contributed by atoms with Gasteiger partial charge in [-0.25, -0.2) is 17.6 Å². The van der Waals surface area contributed by atoms with Crippen LogP contribution < -0.4 is 4.72 Å². The molecule has 0 atom stereocenters. The number of halogens is 1. The van der Waals surface area contributed by atoms with Crippen LogP contribution in [0.5, 0.6) is 0 Å². The number of nitrogens with one attached hydrogen (secondary N) is 1. The minimum Gasteiger partial charge on any atom is -0.454 e. The number of hydrogen-bond acceptors (Lipinski definition) is 5. The van der Waals surface area contributed by atoms with Gasteiger partial charge in [0.25, 0.3) is 10.0 Å². The van der Waals surface area contributed by atoms with Crippen molar-refractivity contribution in [2.45, 2.75) is 49.8 Å². The first-order valence-corrected chi connectivity index (χ1v) is 13.4. The fraction of sp³-hybridized carbons (Fsp3) is 0.286. The summed E-state index contributed by atoms with van der Waals surface area (Å²) >= 11 is 0. The summed E-state index contributed by atoms with van der Waals surface area (Å²) in [5.41, 5.74) is 2.41. The summed E-state index contributed by atoms with van der Waals surface area (Å²) in [5, 5.41) is 0. The maximum atomic E-state index is 13.1. The van der Waals surface area contributed by atoms with Gasteiger partial charge in [-0.2, -0.15) is 0 Å². The normalized spacial score (nSPS) is 14.3. The fourth-order valence-corrected chi connectivity index (χ4v) is 5.47. The molecule has 0 saturated heterocycles. The van der Waals surface area contributed by atoms with E-state index in [-0.39, 0.29) is 21.9 Å². The van der Waals surface area contributed by atoms with Crippen LogP contribution in [0.4, 0.5) is 10.1 Å². The van der Waals surface area contributed by atoms with Gasteiger partial charge in [-0.15, -0.1) is 0 Å². The molecular formula is C28H28FNO5S. The molecule has 0 heterocycles. The van der Waals surface area contributed by atoms with Crippen molar-refractivity contribution in [1.82, 2.24) is 0 Å². The summed E-state index contributed by atoms with van der Waals surface area (Å²) in [6, 6.07) is 16.4. The van der Waals surface area contributed by atoms with Gasteiger partial charge in [0.1, 0.15) is 5.82 Å². The van der Waals surface area contributed by atoms with Gasteiger partial charge in [0, 0.05) is 11.3 Å². The Morgan fingerprint density at radius 2 is 1.61 bits per heavy atom. The van der Waals surface area contributed by atoms with Crippen LogP contribution >= 0.6 is 0 Å². The molecule has 0 unspecified atom stereocenters. The van der Waals surface area contributed by atoms with E-state index in [4.69, 9.17) is 4.74 Å². The summed E-state index contributed by atoms with van der Waals surface area (Å²) < 4.78 is 46.2. The van der Waals surface area contributed by atoms with Crippen molar-refractivity contribution in [2.75, 3.05) is 11.3 Å². The van der Waals surface area contributed by atoms with Crippen molar-refractivity contribution in [2.24, 2.45) is 0 Å². The van der Waals surface area contributed by atoms with Crippen molar-refractivity contribution < 1.29 is 27.1 Å². The van der Waals surface area contributed by atoms with Gasteiger partial charge < -0.3 is 4.74 Å².